The average molecular weight is 238 g/mol. The Bertz CT molecular complexity index is 309. The summed E-state index contributed by atoms with van der Waals surface area (Å²) in [5.41, 5.74) is -0.0215. The highest BCUT2D eigenvalue weighted by Crippen LogP contribution is 2.43. The smallest absolute Gasteiger partial charge is 0.135 e. The first-order chi connectivity index (χ1) is 8.30. The van der Waals surface area contributed by atoms with Gasteiger partial charge in [0.15, 0.2) is 0 Å². The highest BCUT2D eigenvalue weighted by molar-refractivity contribution is 5.04. The number of nitrogens with zero attached hydrogens (tertiary/aromatic N) is 1. The maximum atomic E-state index is 6.62. The van der Waals surface area contributed by atoms with Gasteiger partial charge in [0, 0.05) is 32.0 Å². The van der Waals surface area contributed by atoms with Gasteiger partial charge in [-0.15, -0.1) is 0 Å². The summed E-state index contributed by atoms with van der Waals surface area (Å²) in [4.78, 5) is 2.56. The minimum Gasteiger partial charge on any atom is -0.378 e. The standard InChI is InChI=1S/C13H22N2O2/c1-6-15-7-2-11(1)13(9-15)14-5-3-12(17-13)4-8-16-10-12/h11,14H,1-10H2. The number of rotatable bonds is 0. The predicted molar refractivity (Wildman–Crippen MR) is 63.8 cm³/mol. The summed E-state index contributed by atoms with van der Waals surface area (Å²) in [5, 5.41) is 3.70. The van der Waals surface area contributed by atoms with Crippen molar-refractivity contribution < 1.29 is 9.47 Å². The molecule has 0 amide bonds. The van der Waals surface area contributed by atoms with Crippen molar-refractivity contribution in [3.63, 3.8) is 0 Å². The first kappa shape index (κ1) is 10.7. The van der Waals surface area contributed by atoms with E-state index in [2.05, 4.69) is 10.2 Å². The van der Waals surface area contributed by atoms with E-state index >= 15 is 0 Å². The highest BCUT2D eigenvalue weighted by atomic mass is 16.6. The summed E-state index contributed by atoms with van der Waals surface area (Å²) in [6.07, 6.45) is 4.79. The average Bonchev–Trinajstić information content (AvgIpc) is 2.78. The summed E-state index contributed by atoms with van der Waals surface area (Å²) in [7, 11) is 0. The number of fused-ring (bicyclic) bond motifs is 2. The van der Waals surface area contributed by atoms with Crippen molar-refractivity contribution in [1.29, 1.82) is 0 Å². The quantitative estimate of drug-likeness (QED) is 0.669. The van der Waals surface area contributed by atoms with Gasteiger partial charge in [0.2, 0.25) is 0 Å². The fourth-order valence-corrected chi connectivity index (χ4v) is 4.18. The van der Waals surface area contributed by atoms with Gasteiger partial charge < -0.3 is 9.47 Å². The summed E-state index contributed by atoms with van der Waals surface area (Å²) >= 11 is 0. The number of hydrogen-bond acceptors (Lipinski definition) is 4. The van der Waals surface area contributed by atoms with E-state index in [4.69, 9.17) is 9.47 Å². The lowest BCUT2D eigenvalue weighted by Gasteiger charge is -2.58. The molecule has 0 aromatic rings. The van der Waals surface area contributed by atoms with Crippen LogP contribution in [-0.4, -0.2) is 55.6 Å². The Balaban J connectivity index is 1.60. The van der Waals surface area contributed by atoms with E-state index in [0.29, 0.717) is 5.92 Å². The van der Waals surface area contributed by atoms with E-state index in [1.807, 2.05) is 0 Å². The SMILES string of the molecule is C1CC2(CCOC2)OC2(CN3CCC2CC3)N1. The van der Waals surface area contributed by atoms with Gasteiger partial charge in [-0.3, -0.25) is 10.2 Å². The van der Waals surface area contributed by atoms with Gasteiger partial charge >= 0.3 is 0 Å². The second-order valence-electron chi connectivity index (χ2n) is 6.20. The topological polar surface area (TPSA) is 33.7 Å². The van der Waals surface area contributed by atoms with E-state index in [1.165, 1.54) is 25.9 Å². The van der Waals surface area contributed by atoms with Crippen LogP contribution in [0.4, 0.5) is 0 Å². The van der Waals surface area contributed by atoms with Gasteiger partial charge in [-0.2, -0.15) is 0 Å². The zero-order valence-electron chi connectivity index (χ0n) is 10.4. The minimum absolute atomic E-state index is 0.0316. The summed E-state index contributed by atoms with van der Waals surface area (Å²) in [5.74, 6) is 0.713. The minimum atomic E-state index is -0.0531. The summed E-state index contributed by atoms with van der Waals surface area (Å²) in [6.45, 7) is 6.39. The molecule has 0 radical (unpaired) electrons. The molecule has 2 unspecified atom stereocenters. The molecular formula is C13H22N2O2. The number of piperidine rings is 3. The maximum Gasteiger partial charge on any atom is 0.135 e. The van der Waals surface area contributed by atoms with Gasteiger partial charge in [0.25, 0.3) is 0 Å². The molecule has 5 aliphatic rings. The second-order valence-corrected chi connectivity index (χ2v) is 6.20. The lowest BCUT2D eigenvalue weighted by molar-refractivity contribution is -0.255. The van der Waals surface area contributed by atoms with Crippen LogP contribution in [0.3, 0.4) is 0 Å². The molecular weight excluding hydrogens is 216 g/mol. The lowest BCUT2D eigenvalue weighted by Crippen LogP contribution is -2.72. The van der Waals surface area contributed by atoms with Crippen LogP contribution >= 0.6 is 0 Å². The Morgan fingerprint density at radius 3 is 2.71 bits per heavy atom. The second kappa shape index (κ2) is 3.67. The third kappa shape index (κ3) is 1.58. The Kier molecular flexibility index (Phi) is 2.32. The molecule has 5 saturated heterocycles. The van der Waals surface area contributed by atoms with Gasteiger partial charge in [-0.1, -0.05) is 0 Å². The third-order valence-electron chi connectivity index (χ3n) is 5.18. The van der Waals surface area contributed by atoms with Crippen molar-refractivity contribution in [2.75, 3.05) is 39.4 Å². The molecule has 0 aliphatic carbocycles. The van der Waals surface area contributed by atoms with Gasteiger partial charge in [0.1, 0.15) is 5.72 Å². The number of nitrogens with one attached hydrogen (secondary N) is 1. The van der Waals surface area contributed by atoms with Crippen LogP contribution < -0.4 is 5.32 Å². The Hall–Kier alpha value is -0.160. The monoisotopic (exact) mass is 238 g/mol. The first-order valence-corrected chi connectivity index (χ1v) is 7.06. The van der Waals surface area contributed by atoms with Crippen molar-refractivity contribution in [2.24, 2.45) is 5.92 Å². The molecule has 4 nitrogen and oxygen atoms in total. The first-order valence-electron chi connectivity index (χ1n) is 7.06. The molecule has 4 heteroatoms. The molecule has 1 N–H and O–H groups in total. The third-order valence-corrected chi connectivity index (χ3v) is 5.18. The molecule has 5 fully saturated rings. The van der Waals surface area contributed by atoms with Gasteiger partial charge in [-0.05, 0) is 32.4 Å². The van der Waals surface area contributed by atoms with E-state index in [-0.39, 0.29) is 11.3 Å². The van der Waals surface area contributed by atoms with Gasteiger partial charge in [-0.25, -0.2) is 0 Å². The fourth-order valence-electron chi connectivity index (χ4n) is 4.18. The van der Waals surface area contributed by atoms with Crippen LogP contribution in [0, 0.1) is 5.92 Å². The summed E-state index contributed by atoms with van der Waals surface area (Å²) < 4.78 is 12.2. The fraction of sp³-hybridized carbons (Fsp3) is 1.00. The summed E-state index contributed by atoms with van der Waals surface area (Å²) in [6, 6.07) is 0. The molecule has 2 atom stereocenters. The molecule has 0 saturated carbocycles. The molecule has 0 aromatic carbocycles. The van der Waals surface area contributed by atoms with E-state index < -0.39 is 0 Å². The maximum absolute atomic E-state index is 6.62. The van der Waals surface area contributed by atoms with Gasteiger partial charge in [0.05, 0.1) is 12.2 Å². The highest BCUT2D eigenvalue weighted by Gasteiger charge is 2.54. The number of ether oxygens (including phenoxy) is 2. The van der Waals surface area contributed by atoms with Crippen LogP contribution in [0.5, 0.6) is 0 Å². The Morgan fingerprint density at radius 2 is 2.06 bits per heavy atom. The van der Waals surface area contributed by atoms with Crippen LogP contribution in [0.1, 0.15) is 25.7 Å². The number of hydrogen-bond donors (Lipinski definition) is 1. The van der Waals surface area contributed by atoms with Crippen molar-refractivity contribution in [1.82, 2.24) is 10.2 Å². The molecule has 17 heavy (non-hydrogen) atoms. The normalized spacial score (nSPS) is 53.6. The van der Waals surface area contributed by atoms with Crippen LogP contribution in [0.2, 0.25) is 0 Å². The van der Waals surface area contributed by atoms with Crippen molar-refractivity contribution in [3.8, 4) is 0 Å². The van der Waals surface area contributed by atoms with E-state index in [0.717, 1.165) is 39.1 Å². The lowest BCUT2D eigenvalue weighted by atomic mass is 9.78. The molecule has 2 bridgehead atoms. The molecule has 2 spiro atoms. The molecule has 0 aromatic heterocycles. The molecule has 5 aliphatic heterocycles. The molecule has 5 rings (SSSR count). The van der Waals surface area contributed by atoms with Crippen molar-refractivity contribution in [2.45, 2.75) is 37.0 Å². The van der Waals surface area contributed by atoms with E-state index in [9.17, 15) is 0 Å². The zero-order chi connectivity index (χ0) is 11.3. The predicted octanol–water partition coefficient (Wildman–Crippen LogP) is 0.577. The van der Waals surface area contributed by atoms with Crippen LogP contribution in [-0.2, 0) is 9.47 Å². The van der Waals surface area contributed by atoms with Crippen molar-refractivity contribution >= 4 is 0 Å². The Labute approximate surface area is 103 Å². The molecule has 96 valence electrons. The zero-order valence-corrected chi connectivity index (χ0v) is 10.4. The van der Waals surface area contributed by atoms with Crippen molar-refractivity contribution in [3.05, 3.63) is 0 Å². The Morgan fingerprint density at radius 1 is 1.18 bits per heavy atom. The largest absolute Gasteiger partial charge is 0.378 e. The van der Waals surface area contributed by atoms with Crippen LogP contribution in [0.25, 0.3) is 0 Å². The van der Waals surface area contributed by atoms with Crippen LogP contribution in [0.15, 0.2) is 0 Å². The molecule has 5 heterocycles. The van der Waals surface area contributed by atoms with E-state index in [1.54, 1.807) is 0 Å².